The molecule has 1 aliphatic heterocycles. The van der Waals surface area contributed by atoms with E-state index >= 15 is 0 Å². The summed E-state index contributed by atoms with van der Waals surface area (Å²) in [7, 11) is 1.58. The van der Waals surface area contributed by atoms with Crippen molar-refractivity contribution in [2.45, 2.75) is 6.42 Å². The Balaban J connectivity index is 2.36. The van der Waals surface area contributed by atoms with E-state index < -0.39 is 5.97 Å². The number of urea groups is 1. The number of amides is 2. The number of hydrogen-bond donors (Lipinski definition) is 2. The van der Waals surface area contributed by atoms with Crippen molar-refractivity contribution in [1.29, 1.82) is 0 Å². The van der Waals surface area contributed by atoms with Gasteiger partial charge in [0, 0.05) is 19.3 Å². The molecule has 16 heavy (non-hydrogen) atoms. The van der Waals surface area contributed by atoms with E-state index in [1.807, 2.05) is 0 Å². The minimum Gasteiger partial charge on any atom is -0.478 e. The number of carboxylic acids is 1. The summed E-state index contributed by atoms with van der Waals surface area (Å²) in [6.45, 7) is 0.595. The van der Waals surface area contributed by atoms with Crippen molar-refractivity contribution in [1.82, 2.24) is 5.32 Å². The van der Waals surface area contributed by atoms with Crippen molar-refractivity contribution in [3.05, 3.63) is 29.3 Å². The average molecular weight is 220 g/mol. The first kappa shape index (κ1) is 10.5. The molecule has 0 spiro atoms. The van der Waals surface area contributed by atoms with Gasteiger partial charge in [0.2, 0.25) is 0 Å². The summed E-state index contributed by atoms with van der Waals surface area (Å²) >= 11 is 0. The van der Waals surface area contributed by atoms with Crippen molar-refractivity contribution in [3.8, 4) is 0 Å². The Morgan fingerprint density at radius 1 is 1.44 bits per heavy atom. The molecule has 1 aromatic rings. The zero-order valence-corrected chi connectivity index (χ0v) is 8.86. The smallest absolute Gasteiger partial charge is 0.335 e. The van der Waals surface area contributed by atoms with Gasteiger partial charge in [0.15, 0.2) is 0 Å². The van der Waals surface area contributed by atoms with Gasteiger partial charge in [-0.15, -0.1) is 0 Å². The molecule has 0 aromatic heterocycles. The molecule has 0 aliphatic carbocycles. The molecular formula is C11H12N2O3. The van der Waals surface area contributed by atoms with Crippen molar-refractivity contribution in [2.24, 2.45) is 0 Å². The van der Waals surface area contributed by atoms with Crippen LogP contribution in [-0.2, 0) is 6.42 Å². The maximum atomic E-state index is 11.5. The fraction of sp³-hybridized carbons (Fsp3) is 0.273. The molecule has 0 bridgehead atoms. The van der Waals surface area contributed by atoms with Crippen molar-refractivity contribution in [3.63, 3.8) is 0 Å². The standard InChI is InChI=1S/C11H12N2O3/c1-12-11(16)13-5-4-7-6-8(10(14)15)2-3-9(7)13/h2-3,6H,4-5H2,1H3,(H,12,16)(H,14,15). The van der Waals surface area contributed by atoms with Crippen LogP contribution in [0.4, 0.5) is 10.5 Å². The number of carbonyl (C=O) groups is 2. The molecule has 2 N–H and O–H groups in total. The second kappa shape index (κ2) is 3.84. The average Bonchev–Trinajstić information content (AvgIpc) is 2.70. The van der Waals surface area contributed by atoms with Gasteiger partial charge >= 0.3 is 12.0 Å². The Morgan fingerprint density at radius 3 is 2.81 bits per heavy atom. The third-order valence-electron chi connectivity index (χ3n) is 2.68. The predicted molar refractivity (Wildman–Crippen MR) is 58.9 cm³/mol. The summed E-state index contributed by atoms with van der Waals surface area (Å²) in [5.41, 5.74) is 1.96. The number of fused-ring (bicyclic) bond motifs is 1. The molecule has 1 aromatic carbocycles. The Morgan fingerprint density at radius 2 is 2.19 bits per heavy atom. The number of carbonyl (C=O) groups excluding carboxylic acids is 1. The maximum Gasteiger partial charge on any atom is 0.335 e. The number of hydrogen-bond acceptors (Lipinski definition) is 2. The van der Waals surface area contributed by atoms with E-state index in [1.54, 1.807) is 24.1 Å². The molecule has 0 saturated heterocycles. The Labute approximate surface area is 92.7 Å². The van der Waals surface area contributed by atoms with E-state index in [-0.39, 0.29) is 11.6 Å². The number of carboxylic acid groups (broad SMARTS) is 1. The monoisotopic (exact) mass is 220 g/mol. The van der Waals surface area contributed by atoms with E-state index in [1.165, 1.54) is 6.07 Å². The van der Waals surface area contributed by atoms with Gasteiger partial charge in [0.25, 0.3) is 0 Å². The van der Waals surface area contributed by atoms with Crippen LogP contribution in [0, 0.1) is 0 Å². The van der Waals surface area contributed by atoms with E-state index in [2.05, 4.69) is 5.32 Å². The molecule has 0 unspecified atom stereocenters. The first-order valence-electron chi connectivity index (χ1n) is 4.99. The summed E-state index contributed by atoms with van der Waals surface area (Å²) < 4.78 is 0. The van der Waals surface area contributed by atoms with Gasteiger partial charge < -0.3 is 10.4 Å². The number of nitrogens with zero attached hydrogens (tertiary/aromatic N) is 1. The van der Waals surface area contributed by atoms with Crippen LogP contribution in [-0.4, -0.2) is 30.7 Å². The summed E-state index contributed by atoms with van der Waals surface area (Å²) in [6, 6.07) is 4.66. The molecule has 0 radical (unpaired) electrons. The van der Waals surface area contributed by atoms with Crippen LogP contribution < -0.4 is 10.2 Å². The lowest BCUT2D eigenvalue weighted by molar-refractivity contribution is 0.0697. The lowest BCUT2D eigenvalue weighted by Crippen LogP contribution is -2.36. The number of benzene rings is 1. The molecule has 1 aliphatic rings. The van der Waals surface area contributed by atoms with E-state index in [0.29, 0.717) is 13.0 Å². The number of aromatic carboxylic acids is 1. The topological polar surface area (TPSA) is 69.6 Å². The molecule has 5 heteroatoms. The van der Waals surface area contributed by atoms with Gasteiger partial charge in [-0.25, -0.2) is 9.59 Å². The highest BCUT2D eigenvalue weighted by molar-refractivity contribution is 5.95. The van der Waals surface area contributed by atoms with Crippen LogP contribution in [0.5, 0.6) is 0 Å². The van der Waals surface area contributed by atoms with Gasteiger partial charge in [-0.1, -0.05) is 0 Å². The molecule has 1 heterocycles. The third kappa shape index (κ3) is 1.60. The second-order valence-electron chi connectivity index (χ2n) is 3.61. The molecule has 2 amide bonds. The Bertz CT molecular complexity index is 457. The van der Waals surface area contributed by atoms with Gasteiger partial charge in [-0.2, -0.15) is 0 Å². The van der Waals surface area contributed by atoms with Crippen LogP contribution in [0.1, 0.15) is 15.9 Å². The molecule has 0 saturated carbocycles. The SMILES string of the molecule is CNC(=O)N1CCc2cc(C(=O)O)ccc21. The van der Waals surface area contributed by atoms with Crippen molar-refractivity contribution >= 4 is 17.7 Å². The fourth-order valence-electron chi connectivity index (χ4n) is 1.88. The van der Waals surface area contributed by atoms with Crippen LogP contribution in [0.15, 0.2) is 18.2 Å². The van der Waals surface area contributed by atoms with Crippen LogP contribution >= 0.6 is 0 Å². The van der Waals surface area contributed by atoms with Crippen molar-refractivity contribution in [2.75, 3.05) is 18.5 Å². The number of nitrogens with one attached hydrogen (secondary N) is 1. The minimum atomic E-state index is -0.943. The molecule has 84 valence electrons. The predicted octanol–water partition coefficient (Wildman–Crippen LogP) is 1.09. The Hall–Kier alpha value is -2.04. The van der Waals surface area contributed by atoms with E-state index in [0.717, 1.165) is 11.3 Å². The summed E-state index contributed by atoms with van der Waals surface area (Å²) in [5, 5.41) is 11.4. The van der Waals surface area contributed by atoms with Crippen LogP contribution in [0.25, 0.3) is 0 Å². The highest BCUT2D eigenvalue weighted by Crippen LogP contribution is 2.28. The van der Waals surface area contributed by atoms with Gasteiger partial charge in [-0.05, 0) is 30.2 Å². The normalized spacial score (nSPS) is 13.4. The summed E-state index contributed by atoms with van der Waals surface area (Å²) in [6.07, 6.45) is 0.698. The summed E-state index contributed by atoms with van der Waals surface area (Å²) in [5.74, 6) is -0.943. The molecule has 0 fully saturated rings. The first-order valence-corrected chi connectivity index (χ1v) is 4.99. The molecule has 0 atom stereocenters. The van der Waals surface area contributed by atoms with Gasteiger partial charge in [0.05, 0.1) is 5.56 Å². The fourth-order valence-corrected chi connectivity index (χ4v) is 1.88. The van der Waals surface area contributed by atoms with Crippen LogP contribution in [0.3, 0.4) is 0 Å². The molecule has 2 rings (SSSR count). The van der Waals surface area contributed by atoms with Crippen molar-refractivity contribution < 1.29 is 14.7 Å². The van der Waals surface area contributed by atoms with Gasteiger partial charge in [0.1, 0.15) is 0 Å². The number of rotatable bonds is 1. The number of anilines is 1. The zero-order chi connectivity index (χ0) is 11.7. The minimum absolute atomic E-state index is 0.165. The van der Waals surface area contributed by atoms with Gasteiger partial charge in [-0.3, -0.25) is 4.90 Å². The quantitative estimate of drug-likeness (QED) is 0.744. The second-order valence-corrected chi connectivity index (χ2v) is 3.61. The Kier molecular flexibility index (Phi) is 2.52. The largest absolute Gasteiger partial charge is 0.478 e. The van der Waals surface area contributed by atoms with Crippen LogP contribution in [0.2, 0.25) is 0 Å². The maximum absolute atomic E-state index is 11.5. The van der Waals surface area contributed by atoms with E-state index in [4.69, 9.17) is 5.11 Å². The summed E-state index contributed by atoms with van der Waals surface area (Å²) in [4.78, 5) is 23.9. The molecule has 5 nitrogen and oxygen atoms in total. The first-order chi connectivity index (χ1) is 7.63. The lowest BCUT2D eigenvalue weighted by Gasteiger charge is -2.16. The third-order valence-corrected chi connectivity index (χ3v) is 2.68. The lowest BCUT2D eigenvalue weighted by atomic mass is 10.1. The van der Waals surface area contributed by atoms with E-state index in [9.17, 15) is 9.59 Å². The zero-order valence-electron chi connectivity index (χ0n) is 8.86. The molecular weight excluding hydrogens is 208 g/mol. The highest BCUT2D eigenvalue weighted by Gasteiger charge is 2.24. The highest BCUT2D eigenvalue weighted by atomic mass is 16.4.